The van der Waals surface area contributed by atoms with Crippen LogP contribution in [-0.4, -0.2) is 22.5 Å². The van der Waals surface area contributed by atoms with E-state index in [1.165, 1.54) is 19.3 Å². The molecule has 1 aromatic heterocycles. The summed E-state index contributed by atoms with van der Waals surface area (Å²) >= 11 is 0. The van der Waals surface area contributed by atoms with Gasteiger partial charge in [0.25, 0.3) is 0 Å². The van der Waals surface area contributed by atoms with Gasteiger partial charge < -0.3 is 9.72 Å². The number of piperidine rings is 1. The van der Waals surface area contributed by atoms with Gasteiger partial charge in [-0.15, -0.1) is 0 Å². The molecular formula is C24H28N2O2. The zero-order valence-electron chi connectivity index (χ0n) is 16.7. The average molecular weight is 377 g/mol. The van der Waals surface area contributed by atoms with E-state index in [4.69, 9.17) is 4.74 Å². The fourth-order valence-electron chi connectivity index (χ4n) is 4.05. The van der Waals surface area contributed by atoms with Gasteiger partial charge in [0, 0.05) is 34.7 Å². The second-order valence-electron chi connectivity index (χ2n) is 7.85. The smallest absolute Gasteiger partial charge is 0.194 e. The molecule has 4 rings (SSSR count). The third-order valence-electron chi connectivity index (χ3n) is 5.83. The molecule has 0 spiro atoms. The van der Waals surface area contributed by atoms with Crippen molar-refractivity contribution in [2.45, 2.75) is 52.3 Å². The van der Waals surface area contributed by atoms with E-state index in [1.54, 1.807) is 0 Å². The van der Waals surface area contributed by atoms with Crippen LogP contribution in [0.15, 0.2) is 53.3 Å². The van der Waals surface area contributed by atoms with Crippen molar-refractivity contribution in [3.8, 4) is 5.75 Å². The lowest BCUT2D eigenvalue weighted by Gasteiger charge is -2.33. The minimum absolute atomic E-state index is 0.120. The van der Waals surface area contributed by atoms with Gasteiger partial charge in [0.1, 0.15) is 12.4 Å². The number of fused-ring (bicyclic) bond motifs is 1. The summed E-state index contributed by atoms with van der Waals surface area (Å²) in [7, 11) is 0. The number of rotatable bonds is 5. The van der Waals surface area contributed by atoms with E-state index in [9.17, 15) is 4.79 Å². The highest BCUT2D eigenvalue weighted by molar-refractivity contribution is 5.81. The van der Waals surface area contributed by atoms with Gasteiger partial charge in [-0.1, -0.05) is 36.8 Å². The third-order valence-corrected chi connectivity index (χ3v) is 5.83. The van der Waals surface area contributed by atoms with Crippen LogP contribution in [0, 0.1) is 6.92 Å². The van der Waals surface area contributed by atoms with Crippen LogP contribution in [0.2, 0.25) is 0 Å². The Balaban J connectivity index is 1.61. The number of nitrogens with zero attached hydrogens (tertiary/aromatic N) is 1. The van der Waals surface area contributed by atoms with Crippen LogP contribution < -0.4 is 10.2 Å². The van der Waals surface area contributed by atoms with Crippen LogP contribution in [0.25, 0.3) is 10.9 Å². The quantitative estimate of drug-likeness (QED) is 0.696. The lowest BCUT2D eigenvalue weighted by Crippen LogP contribution is -2.38. The van der Waals surface area contributed by atoms with Gasteiger partial charge in [0.2, 0.25) is 0 Å². The number of nitrogens with one attached hydrogen (secondary N) is 1. The molecule has 0 aliphatic carbocycles. The van der Waals surface area contributed by atoms with Gasteiger partial charge >= 0.3 is 0 Å². The highest BCUT2D eigenvalue weighted by Gasteiger charge is 2.21. The van der Waals surface area contributed by atoms with E-state index >= 15 is 0 Å². The first-order valence-corrected chi connectivity index (χ1v) is 10.2. The van der Waals surface area contributed by atoms with Crippen molar-refractivity contribution in [1.29, 1.82) is 0 Å². The molecule has 1 fully saturated rings. The van der Waals surface area contributed by atoms with Gasteiger partial charge in [-0.3, -0.25) is 9.69 Å². The van der Waals surface area contributed by atoms with Crippen LogP contribution in [0.1, 0.15) is 43.0 Å². The molecule has 3 aromatic rings. The van der Waals surface area contributed by atoms with Crippen molar-refractivity contribution in [2.24, 2.45) is 0 Å². The Morgan fingerprint density at radius 1 is 1.14 bits per heavy atom. The Kier molecular flexibility index (Phi) is 5.49. The minimum atomic E-state index is 0.120. The summed E-state index contributed by atoms with van der Waals surface area (Å²) in [5.41, 5.74) is 3.94. The number of pyridine rings is 1. The molecule has 0 saturated carbocycles. The maximum atomic E-state index is 13.3. The predicted molar refractivity (Wildman–Crippen MR) is 114 cm³/mol. The number of aromatic nitrogens is 1. The molecule has 0 radical (unpaired) electrons. The number of aromatic amines is 1. The van der Waals surface area contributed by atoms with Crippen LogP contribution in [0.4, 0.5) is 0 Å². The Hall–Kier alpha value is -2.59. The number of benzene rings is 2. The summed E-state index contributed by atoms with van der Waals surface area (Å²) in [6, 6.07) is 16.3. The molecule has 28 heavy (non-hydrogen) atoms. The predicted octanol–water partition coefficient (Wildman–Crippen LogP) is 4.79. The Labute approximate surface area is 166 Å². The molecule has 0 bridgehead atoms. The number of likely N-dealkylation sites (tertiary alicyclic amines) is 1. The van der Waals surface area contributed by atoms with E-state index < -0.39 is 0 Å². The number of ether oxygens (including phenoxy) is 1. The summed E-state index contributed by atoms with van der Waals surface area (Å²) in [6.07, 6.45) is 3.71. The maximum Gasteiger partial charge on any atom is 0.194 e. The highest BCUT2D eigenvalue weighted by Crippen LogP contribution is 2.22. The maximum absolute atomic E-state index is 13.3. The van der Waals surface area contributed by atoms with Crippen LogP contribution in [0.5, 0.6) is 5.75 Å². The summed E-state index contributed by atoms with van der Waals surface area (Å²) in [5, 5.41) is 0.704. The van der Waals surface area contributed by atoms with Crippen molar-refractivity contribution in [2.75, 3.05) is 6.54 Å². The molecule has 1 atom stereocenters. The Morgan fingerprint density at radius 2 is 1.96 bits per heavy atom. The van der Waals surface area contributed by atoms with Gasteiger partial charge in [-0.05, 0) is 57.0 Å². The second-order valence-corrected chi connectivity index (χ2v) is 7.85. The Bertz CT molecular complexity index is 1010. The number of aryl methyl sites for hydroxylation is 1. The lowest BCUT2D eigenvalue weighted by atomic mass is 10.0. The van der Waals surface area contributed by atoms with Gasteiger partial charge in [-0.25, -0.2) is 0 Å². The van der Waals surface area contributed by atoms with Crippen molar-refractivity contribution >= 4 is 10.9 Å². The molecule has 1 saturated heterocycles. The highest BCUT2D eigenvalue weighted by atomic mass is 16.5. The molecule has 4 heteroatoms. The van der Waals surface area contributed by atoms with E-state index in [0.29, 0.717) is 24.6 Å². The standard InChI is InChI=1S/C24H28N2O2/c1-17-8-6-7-13-26(17)15-22-18(2)25-23-12-11-20(14-21(23)24(22)27)28-16-19-9-4-3-5-10-19/h3-5,9-12,14,17H,6-8,13,15-16H2,1-2H3,(H,25,27)/t17-/m0/s1. The summed E-state index contributed by atoms with van der Waals surface area (Å²) in [5.74, 6) is 0.725. The first kappa shape index (κ1) is 18.8. The molecule has 0 unspecified atom stereocenters. The molecule has 1 aliphatic heterocycles. The topological polar surface area (TPSA) is 45.3 Å². The second kappa shape index (κ2) is 8.19. The molecule has 4 nitrogen and oxygen atoms in total. The molecule has 2 aromatic carbocycles. The van der Waals surface area contributed by atoms with Gasteiger partial charge in [0.05, 0.1) is 0 Å². The first-order chi connectivity index (χ1) is 13.6. The fourth-order valence-corrected chi connectivity index (χ4v) is 4.05. The van der Waals surface area contributed by atoms with E-state index in [1.807, 2.05) is 55.5 Å². The summed E-state index contributed by atoms with van der Waals surface area (Å²) in [4.78, 5) is 19.1. The molecule has 0 amide bonds. The van der Waals surface area contributed by atoms with Crippen LogP contribution >= 0.6 is 0 Å². The third kappa shape index (κ3) is 3.97. The monoisotopic (exact) mass is 376 g/mol. The van der Waals surface area contributed by atoms with Crippen molar-refractivity contribution in [3.63, 3.8) is 0 Å². The van der Waals surface area contributed by atoms with Gasteiger partial charge in [-0.2, -0.15) is 0 Å². The normalized spacial score (nSPS) is 17.7. The minimum Gasteiger partial charge on any atom is -0.489 e. The van der Waals surface area contributed by atoms with Gasteiger partial charge in [0.15, 0.2) is 5.43 Å². The number of H-pyrrole nitrogens is 1. The van der Waals surface area contributed by atoms with E-state index in [0.717, 1.165) is 34.6 Å². The van der Waals surface area contributed by atoms with Crippen LogP contribution in [-0.2, 0) is 13.2 Å². The zero-order valence-corrected chi connectivity index (χ0v) is 16.7. The van der Waals surface area contributed by atoms with E-state index in [2.05, 4.69) is 16.8 Å². The Morgan fingerprint density at radius 3 is 2.75 bits per heavy atom. The number of hydrogen-bond acceptors (Lipinski definition) is 3. The number of hydrogen-bond donors (Lipinski definition) is 1. The molecular weight excluding hydrogens is 348 g/mol. The SMILES string of the molecule is Cc1[nH]c2ccc(OCc3ccccc3)cc2c(=O)c1CN1CCCC[C@@H]1C. The van der Waals surface area contributed by atoms with Crippen molar-refractivity contribution in [3.05, 3.63) is 75.6 Å². The average Bonchev–Trinajstić information content (AvgIpc) is 2.72. The first-order valence-electron chi connectivity index (χ1n) is 10.2. The zero-order chi connectivity index (χ0) is 19.5. The summed E-state index contributed by atoms with van der Waals surface area (Å²) in [6.45, 7) is 6.55. The van der Waals surface area contributed by atoms with Crippen LogP contribution in [0.3, 0.4) is 0 Å². The lowest BCUT2D eigenvalue weighted by molar-refractivity contribution is 0.152. The largest absolute Gasteiger partial charge is 0.489 e. The van der Waals surface area contributed by atoms with Crippen molar-refractivity contribution in [1.82, 2.24) is 9.88 Å². The molecule has 1 N–H and O–H groups in total. The van der Waals surface area contributed by atoms with Crippen molar-refractivity contribution < 1.29 is 4.74 Å². The molecule has 1 aliphatic rings. The molecule has 2 heterocycles. The van der Waals surface area contributed by atoms with E-state index in [-0.39, 0.29) is 5.43 Å². The molecule has 146 valence electrons. The summed E-state index contributed by atoms with van der Waals surface area (Å²) < 4.78 is 5.93. The fraction of sp³-hybridized carbons (Fsp3) is 0.375.